The molecular formula is C19H28FN3O3S. The summed E-state index contributed by atoms with van der Waals surface area (Å²) >= 11 is 0. The van der Waals surface area contributed by atoms with Crippen molar-refractivity contribution in [2.75, 3.05) is 40.8 Å². The molecule has 6 nitrogen and oxygen atoms in total. The van der Waals surface area contributed by atoms with Crippen LogP contribution in [0, 0.1) is 11.2 Å². The highest BCUT2D eigenvalue weighted by atomic mass is 32.2. The highest BCUT2D eigenvalue weighted by molar-refractivity contribution is 7.89. The third kappa shape index (κ3) is 3.75. The molecule has 0 saturated carbocycles. The number of amides is 1. The number of piperidine rings is 2. The predicted molar refractivity (Wildman–Crippen MR) is 101 cm³/mol. The Balaban J connectivity index is 1.80. The average Bonchev–Trinajstić information content (AvgIpc) is 2.62. The van der Waals surface area contributed by atoms with Crippen LogP contribution in [-0.4, -0.2) is 75.2 Å². The molecule has 2 aliphatic rings. The van der Waals surface area contributed by atoms with Gasteiger partial charge in [0.05, 0.1) is 10.9 Å². The number of rotatable bonds is 3. The molecule has 1 aromatic rings. The zero-order valence-corrected chi connectivity index (χ0v) is 17.0. The van der Waals surface area contributed by atoms with Gasteiger partial charge < -0.3 is 4.90 Å². The van der Waals surface area contributed by atoms with E-state index in [1.165, 1.54) is 28.6 Å². The summed E-state index contributed by atoms with van der Waals surface area (Å²) in [7, 11) is 1.88. The van der Waals surface area contributed by atoms with Gasteiger partial charge in [-0.3, -0.25) is 9.69 Å². The van der Waals surface area contributed by atoms with E-state index in [9.17, 15) is 17.6 Å². The molecule has 2 fully saturated rings. The first-order valence-electron chi connectivity index (χ1n) is 9.34. The summed E-state index contributed by atoms with van der Waals surface area (Å²) in [6.07, 6.45) is 3.26. The zero-order chi connectivity index (χ0) is 19.8. The first-order valence-corrected chi connectivity index (χ1v) is 10.8. The molecule has 1 amide bonds. The van der Waals surface area contributed by atoms with Crippen LogP contribution >= 0.6 is 0 Å². The Morgan fingerprint density at radius 3 is 2.26 bits per heavy atom. The van der Waals surface area contributed by atoms with Crippen molar-refractivity contribution < 1.29 is 17.6 Å². The lowest BCUT2D eigenvalue weighted by Gasteiger charge is -2.52. The van der Waals surface area contributed by atoms with Gasteiger partial charge in [0.15, 0.2) is 0 Å². The fourth-order valence-corrected chi connectivity index (χ4v) is 6.00. The number of halogens is 1. The van der Waals surface area contributed by atoms with Gasteiger partial charge in [0, 0.05) is 27.2 Å². The van der Waals surface area contributed by atoms with Crippen molar-refractivity contribution in [3.05, 3.63) is 30.1 Å². The Morgan fingerprint density at radius 2 is 1.70 bits per heavy atom. The molecule has 2 heterocycles. The van der Waals surface area contributed by atoms with Crippen LogP contribution < -0.4 is 0 Å². The number of sulfonamides is 1. The maximum Gasteiger partial charge on any atom is 0.243 e. The lowest BCUT2D eigenvalue weighted by Crippen LogP contribution is -2.61. The molecule has 0 aromatic heterocycles. The van der Waals surface area contributed by atoms with Crippen molar-refractivity contribution in [1.29, 1.82) is 0 Å². The van der Waals surface area contributed by atoms with E-state index >= 15 is 0 Å². The van der Waals surface area contributed by atoms with Gasteiger partial charge in [0.2, 0.25) is 15.9 Å². The van der Waals surface area contributed by atoms with Gasteiger partial charge in [-0.25, -0.2) is 12.8 Å². The monoisotopic (exact) mass is 397 g/mol. The number of hydrogen-bond donors (Lipinski definition) is 0. The summed E-state index contributed by atoms with van der Waals surface area (Å²) in [6, 6.07) is 4.74. The Hall–Kier alpha value is -1.51. The number of likely N-dealkylation sites (tertiary alicyclic amines) is 1. The van der Waals surface area contributed by atoms with Crippen LogP contribution in [0.5, 0.6) is 0 Å². The van der Waals surface area contributed by atoms with E-state index in [1.54, 1.807) is 19.0 Å². The highest BCUT2D eigenvalue weighted by Crippen LogP contribution is 2.45. The fraction of sp³-hybridized carbons (Fsp3) is 0.632. The third-order valence-corrected chi connectivity index (χ3v) is 7.96. The van der Waals surface area contributed by atoms with Crippen LogP contribution in [0.3, 0.4) is 0 Å². The molecule has 8 heteroatoms. The van der Waals surface area contributed by atoms with Gasteiger partial charge in [-0.2, -0.15) is 4.31 Å². The van der Waals surface area contributed by atoms with E-state index in [4.69, 9.17) is 0 Å². The summed E-state index contributed by atoms with van der Waals surface area (Å²) in [5.74, 6) is -0.367. The molecule has 0 bridgehead atoms. The van der Waals surface area contributed by atoms with Crippen LogP contribution in [0.25, 0.3) is 0 Å². The normalized spacial score (nSPS) is 24.1. The Bertz CT molecular complexity index is 787. The minimum absolute atomic E-state index is 0.0899. The topological polar surface area (TPSA) is 60.9 Å². The maximum absolute atomic E-state index is 13.1. The van der Waals surface area contributed by atoms with Crippen molar-refractivity contribution in [2.24, 2.45) is 5.41 Å². The molecule has 2 saturated heterocycles. The minimum atomic E-state index is -3.64. The van der Waals surface area contributed by atoms with Gasteiger partial charge in [0.1, 0.15) is 5.82 Å². The van der Waals surface area contributed by atoms with E-state index in [0.29, 0.717) is 25.9 Å². The molecule has 0 N–H and O–H groups in total. The second-order valence-corrected chi connectivity index (χ2v) is 9.88. The van der Waals surface area contributed by atoms with Gasteiger partial charge in [-0.15, -0.1) is 0 Å². The Labute approximate surface area is 161 Å². The van der Waals surface area contributed by atoms with E-state index < -0.39 is 15.8 Å². The maximum atomic E-state index is 13.1. The lowest BCUT2D eigenvalue weighted by atomic mass is 9.67. The molecule has 1 unspecified atom stereocenters. The summed E-state index contributed by atoms with van der Waals surface area (Å²) in [5.41, 5.74) is -0.191. The summed E-state index contributed by atoms with van der Waals surface area (Å²) < 4.78 is 40.3. The average molecular weight is 398 g/mol. The molecular weight excluding hydrogens is 369 g/mol. The van der Waals surface area contributed by atoms with Crippen molar-refractivity contribution >= 4 is 15.9 Å². The summed E-state index contributed by atoms with van der Waals surface area (Å²) in [4.78, 5) is 16.7. The second kappa shape index (κ2) is 7.48. The number of carbonyl (C=O) groups excluding carboxylic acids is 1. The second-order valence-electron chi connectivity index (χ2n) is 7.94. The van der Waals surface area contributed by atoms with Gasteiger partial charge >= 0.3 is 0 Å². The molecule has 27 heavy (non-hydrogen) atoms. The first-order chi connectivity index (χ1) is 12.7. The zero-order valence-electron chi connectivity index (χ0n) is 16.2. The molecule has 1 aromatic carbocycles. The molecule has 3 rings (SSSR count). The van der Waals surface area contributed by atoms with Gasteiger partial charge in [-0.1, -0.05) is 0 Å². The molecule has 0 aliphatic carbocycles. The van der Waals surface area contributed by atoms with Crippen LogP contribution in [0.2, 0.25) is 0 Å². The van der Waals surface area contributed by atoms with Crippen molar-refractivity contribution in [3.8, 4) is 0 Å². The van der Waals surface area contributed by atoms with E-state index in [2.05, 4.69) is 4.90 Å². The lowest BCUT2D eigenvalue weighted by molar-refractivity contribution is -0.143. The largest absolute Gasteiger partial charge is 0.347 e. The minimum Gasteiger partial charge on any atom is -0.347 e. The number of likely N-dealkylation sites (N-methyl/N-ethyl adjacent to an activating group) is 2. The van der Waals surface area contributed by atoms with Gasteiger partial charge in [-0.05, 0) is 69.0 Å². The quantitative estimate of drug-likeness (QED) is 0.780. The van der Waals surface area contributed by atoms with Gasteiger partial charge in [0.25, 0.3) is 0 Å². The van der Waals surface area contributed by atoms with Crippen LogP contribution in [0.1, 0.15) is 25.7 Å². The Morgan fingerprint density at radius 1 is 1.11 bits per heavy atom. The number of nitrogens with zero attached hydrogens (tertiary/aromatic N) is 3. The van der Waals surface area contributed by atoms with Crippen LogP contribution in [-0.2, 0) is 14.8 Å². The first kappa shape index (κ1) is 20.2. The third-order valence-electron chi connectivity index (χ3n) is 6.05. The van der Waals surface area contributed by atoms with Crippen molar-refractivity contribution in [3.63, 3.8) is 0 Å². The molecule has 150 valence electrons. The number of hydrogen-bond acceptors (Lipinski definition) is 4. The van der Waals surface area contributed by atoms with E-state index in [0.717, 1.165) is 19.4 Å². The highest BCUT2D eigenvalue weighted by Gasteiger charge is 2.50. The molecule has 1 atom stereocenters. The molecule has 2 aliphatic heterocycles. The fourth-order valence-electron chi connectivity index (χ4n) is 4.56. The molecule has 1 spiro atoms. The SMILES string of the molecule is CN(C)C(=O)C1N(C)CCCC12CCN(S(=O)(=O)c1ccc(F)cc1)CC2. The smallest absolute Gasteiger partial charge is 0.243 e. The molecule has 0 radical (unpaired) electrons. The number of carbonyl (C=O) groups is 1. The van der Waals surface area contributed by atoms with E-state index in [1.807, 2.05) is 7.05 Å². The Kier molecular flexibility index (Phi) is 5.61. The van der Waals surface area contributed by atoms with E-state index in [-0.39, 0.29) is 22.3 Å². The van der Waals surface area contributed by atoms with Crippen molar-refractivity contribution in [1.82, 2.24) is 14.1 Å². The summed E-state index contributed by atoms with van der Waals surface area (Å²) in [5, 5.41) is 0. The van der Waals surface area contributed by atoms with Crippen LogP contribution in [0.4, 0.5) is 4.39 Å². The number of benzene rings is 1. The van der Waals surface area contributed by atoms with Crippen molar-refractivity contribution in [2.45, 2.75) is 36.6 Å². The standard InChI is InChI=1S/C19H28FN3O3S/c1-21(2)18(24)17-19(9-4-12-22(17)3)10-13-23(14-11-19)27(25,26)16-7-5-15(20)6-8-16/h5-8,17H,4,9-14H2,1-3H3. The van der Waals surface area contributed by atoms with Crippen LogP contribution in [0.15, 0.2) is 29.2 Å². The predicted octanol–water partition coefficient (Wildman–Crippen LogP) is 1.78. The summed E-state index contributed by atoms with van der Waals surface area (Å²) in [6.45, 7) is 1.64.